The second kappa shape index (κ2) is 8.45. The van der Waals surface area contributed by atoms with E-state index in [0.717, 1.165) is 5.69 Å². The lowest BCUT2D eigenvalue weighted by atomic mass is 10.0. The highest BCUT2D eigenvalue weighted by atomic mass is 16.1. The number of carbonyl (C=O) groups excluding carboxylic acids is 1. The van der Waals surface area contributed by atoms with Gasteiger partial charge in [0.2, 0.25) is 0 Å². The van der Waals surface area contributed by atoms with Crippen molar-refractivity contribution in [2.24, 2.45) is 0 Å². The fourth-order valence-corrected chi connectivity index (χ4v) is 2.72. The number of nitrogens with zero attached hydrogens (tertiary/aromatic N) is 2. The zero-order valence-corrected chi connectivity index (χ0v) is 15.9. The van der Waals surface area contributed by atoms with Gasteiger partial charge in [-0.2, -0.15) is 0 Å². The van der Waals surface area contributed by atoms with Crippen LogP contribution in [0.15, 0.2) is 60.9 Å². The molecule has 1 heterocycles. The maximum absolute atomic E-state index is 12.5. The molecule has 1 aromatic heterocycles. The summed E-state index contributed by atoms with van der Waals surface area (Å²) in [6.07, 6.45) is 1.40. The fourth-order valence-electron chi connectivity index (χ4n) is 2.72. The second-order valence-electron chi connectivity index (χ2n) is 6.80. The van der Waals surface area contributed by atoms with Crippen LogP contribution >= 0.6 is 0 Å². The summed E-state index contributed by atoms with van der Waals surface area (Å²) < 4.78 is 0. The van der Waals surface area contributed by atoms with E-state index in [1.807, 2.05) is 36.4 Å². The Morgan fingerprint density at radius 3 is 2.48 bits per heavy atom. The highest BCUT2D eigenvalue weighted by molar-refractivity contribution is 6.03. The predicted octanol–water partition coefficient (Wildman–Crippen LogP) is 4.77. The number of hydrogen-bond donors (Lipinski definition) is 2. The molecule has 3 aromatic rings. The fraction of sp³-hybridized carbons (Fsp3) is 0.227. The minimum atomic E-state index is -0.256. The third-order valence-electron chi connectivity index (χ3n) is 4.46. The largest absolute Gasteiger partial charge is 0.366 e. The molecule has 5 nitrogen and oxygen atoms in total. The molecule has 0 aliphatic heterocycles. The molecule has 0 bridgehead atoms. The number of carbonyl (C=O) groups is 1. The lowest BCUT2D eigenvalue weighted by molar-refractivity contribution is 0.102. The average Bonchev–Trinajstić information content (AvgIpc) is 2.68. The maximum atomic E-state index is 12.5. The van der Waals surface area contributed by atoms with Crippen LogP contribution in [0.25, 0.3) is 0 Å². The van der Waals surface area contributed by atoms with Gasteiger partial charge in [0, 0.05) is 18.3 Å². The molecule has 0 saturated heterocycles. The summed E-state index contributed by atoms with van der Waals surface area (Å²) in [4.78, 5) is 20.8. The molecule has 3 rings (SSSR count). The Morgan fingerprint density at radius 2 is 1.78 bits per heavy atom. The first-order valence-electron chi connectivity index (χ1n) is 9.04. The molecule has 0 fully saturated rings. The first kappa shape index (κ1) is 18.6. The van der Waals surface area contributed by atoms with Gasteiger partial charge in [0.05, 0.1) is 0 Å². The predicted molar refractivity (Wildman–Crippen MR) is 109 cm³/mol. The molecule has 0 aliphatic rings. The van der Waals surface area contributed by atoms with E-state index in [9.17, 15) is 4.79 Å². The summed E-state index contributed by atoms with van der Waals surface area (Å²) >= 11 is 0. The summed E-state index contributed by atoms with van der Waals surface area (Å²) in [7, 11) is 0. The van der Waals surface area contributed by atoms with E-state index in [2.05, 4.69) is 53.5 Å². The van der Waals surface area contributed by atoms with Crippen LogP contribution in [-0.2, 0) is 6.54 Å². The monoisotopic (exact) mass is 360 g/mol. The summed E-state index contributed by atoms with van der Waals surface area (Å²) in [6, 6.07) is 17.7. The lowest BCUT2D eigenvalue weighted by Crippen LogP contribution is -2.14. The van der Waals surface area contributed by atoms with Gasteiger partial charge in [-0.25, -0.2) is 9.97 Å². The molecule has 0 aliphatic carbocycles. The van der Waals surface area contributed by atoms with E-state index in [-0.39, 0.29) is 5.91 Å². The van der Waals surface area contributed by atoms with Crippen LogP contribution in [0.2, 0.25) is 0 Å². The van der Waals surface area contributed by atoms with Crippen LogP contribution < -0.4 is 10.6 Å². The Bertz CT molecular complexity index is 920. The van der Waals surface area contributed by atoms with Crippen LogP contribution in [0.3, 0.4) is 0 Å². The van der Waals surface area contributed by atoms with E-state index in [0.29, 0.717) is 24.0 Å². The topological polar surface area (TPSA) is 66.9 Å². The summed E-state index contributed by atoms with van der Waals surface area (Å²) in [5, 5.41) is 6.13. The van der Waals surface area contributed by atoms with Crippen molar-refractivity contribution in [3.8, 4) is 0 Å². The van der Waals surface area contributed by atoms with Gasteiger partial charge < -0.3 is 10.6 Å². The summed E-state index contributed by atoms with van der Waals surface area (Å²) in [5.41, 5.74) is 4.70. The van der Waals surface area contributed by atoms with Gasteiger partial charge in [-0.05, 0) is 41.7 Å². The van der Waals surface area contributed by atoms with Gasteiger partial charge >= 0.3 is 0 Å². The Labute approximate surface area is 159 Å². The number of aryl methyl sites for hydroxylation is 1. The molecule has 0 radical (unpaired) electrons. The third-order valence-corrected chi connectivity index (χ3v) is 4.46. The minimum absolute atomic E-state index is 0.256. The first-order chi connectivity index (χ1) is 13.0. The van der Waals surface area contributed by atoms with Gasteiger partial charge in [0.25, 0.3) is 5.91 Å². The van der Waals surface area contributed by atoms with Crippen LogP contribution in [0.4, 0.5) is 11.5 Å². The summed E-state index contributed by atoms with van der Waals surface area (Å²) in [5.74, 6) is 0.820. The van der Waals surface area contributed by atoms with E-state index < -0.39 is 0 Å². The Morgan fingerprint density at radius 1 is 1.04 bits per heavy atom. The quantitative estimate of drug-likeness (QED) is 0.664. The SMILES string of the molecule is Cc1ccccc1CNc1cc(C(=O)Nc2ccc(C(C)C)cc2)ncn1. The van der Waals surface area contributed by atoms with Crippen LogP contribution in [-0.4, -0.2) is 15.9 Å². The van der Waals surface area contributed by atoms with Gasteiger partial charge in [-0.15, -0.1) is 0 Å². The van der Waals surface area contributed by atoms with Crippen molar-refractivity contribution in [2.75, 3.05) is 10.6 Å². The van der Waals surface area contributed by atoms with Crippen molar-refractivity contribution >= 4 is 17.4 Å². The number of rotatable bonds is 6. The van der Waals surface area contributed by atoms with Crippen LogP contribution in [0.1, 0.15) is 46.9 Å². The van der Waals surface area contributed by atoms with Gasteiger partial charge in [0.1, 0.15) is 17.8 Å². The highest BCUT2D eigenvalue weighted by Crippen LogP contribution is 2.18. The van der Waals surface area contributed by atoms with E-state index in [1.165, 1.54) is 23.0 Å². The number of amides is 1. The lowest BCUT2D eigenvalue weighted by Gasteiger charge is -2.10. The second-order valence-corrected chi connectivity index (χ2v) is 6.80. The Kier molecular flexibility index (Phi) is 5.81. The molecule has 138 valence electrons. The van der Waals surface area contributed by atoms with Crippen LogP contribution in [0, 0.1) is 6.92 Å². The molecule has 0 unspecified atom stereocenters. The van der Waals surface area contributed by atoms with E-state index in [4.69, 9.17) is 0 Å². The standard InChI is InChI=1S/C22H24N4O/c1-15(2)17-8-10-19(11-9-17)26-22(27)20-12-21(25-14-24-20)23-13-18-7-5-4-6-16(18)3/h4-12,14-15H,13H2,1-3H3,(H,26,27)(H,23,24,25). The first-order valence-corrected chi connectivity index (χ1v) is 9.04. The number of anilines is 2. The average molecular weight is 360 g/mol. The number of nitrogens with one attached hydrogen (secondary N) is 2. The van der Waals surface area contributed by atoms with Crippen molar-refractivity contribution in [2.45, 2.75) is 33.2 Å². The zero-order valence-electron chi connectivity index (χ0n) is 15.9. The van der Waals surface area contributed by atoms with Crippen molar-refractivity contribution in [1.82, 2.24) is 9.97 Å². The smallest absolute Gasteiger partial charge is 0.274 e. The summed E-state index contributed by atoms with van der Waals surface area (Å²) in [6.45, 7) is 6.99. The molecule has 27 heavy (non-hydrogen) atoms. The number of benzene rings is 2. The maximum Gasteiger partial charge on any atom is 0.274 e. The molecule has 2 N–H and O–H groups in total. The van der Waals surface area contributed by atoms with Crippen molar-refractivity contribution in [1.29, 1.82) is 0 Å². The van der Waals surface area contributed by atoms with Crippen LogP contribution in [0.5, 0.6) is 0 Å². The zero-order chi connectivity index (χ0) is 19.2. The van der Waals surface area contributed by atoms with Crippen molar-refractivity contribution in [3.63, 3.8) is 0 Å². The molecular weight excluding hydrogens is 336 g/mol. The molecule has 0 saturated carbocycles. The normalized spacial score (nSPS) is 10.7. The van der Waals surface area contributed by atoms with Gasteiger partial charge in [-0.3, -0.25) is 4.79 Å². The molecule has 5 heteroatoms. The number of hydrogen-bond acceptors (Lipinski definition) is 4. The Hall–Kier alpha value is -3.21. The highest BCUT2D eigenvalue weighted by Gasteiger charge is 2.10. The van der Waals surface area contributed by atoms with Crippen molar-refractivity contribution < 1.29 is 4.79 Å². The van der Waals surface area contributed by atoms with E-state index in [1.54, 1.807) is 6.07 Å². The minimum Gasteiger partial charge on any atom is -0.366 e. The molecule has 0 atom stereocenters. The molecule has 1 amide bonds. The third kappa shape index (κ3) is 4.91. The molecule has 0 spiro atoms. The van der Waals surface area contributed by atoms with Gasteiger partial charge in [0.15, 0.2) is 0 Å². The molecule has 2 aromatic carbocycles. The molecular formula is C22H24N4O. The number of aromatic nitrogens is 2. The van der Waals surface area contributed by atoms with Gasteiger partial charge in [-0.1, -0.05) is 50.2 Å². The van der Waals surface area contributed by atoms with E-state index >= 15 is 0 Å². The Balaban J connectivity index is 1.65. The van der Waals surface area contributed by atoms with Crippen molar-refractivity contribution in [3.05, 3.63) is 83.3 Å².